The molecule has 0 radical (unpaired) electrons. The summed E-state index contributed by atoms with van der Waals surface area (Å²) < 4.78 is 0. The van der Waals surface area contributed by atoms with Gasteiger partial charge in [0.15, 0.2) is 0 Å². The first-order valence-corrected chi connectivity index (χ1v) is 10.3. The van der Waals surface area contributed by atoms with E-state index in [-0.39, 0.29) is 29.7 Å². The molecule has 3 aliphatic heterocycles. The highest BCUT2D eigenvalue weighted by molar-refractivity contribution is 6.05. The van der Waals surface area contributed by atoms with Crippen LogP contribution < -0.4 is 16.0 Å². The Hall–Kier alpha value is -2.25. The van der Waals surface area contributed by atoms with Crippen molar-refractivity contribution in [1.82, 2.24) is 20.9 Å². The van der Waals surface area contributed by atoms with Crippen LogP contribution in [0.3, 0.4) is 0 Å². The van der Waals surface area contributed by atoms with Crippen molar-refractivity contribution in [3.8, 4) is 0 Å². The number of nitrogens with one attached hydrogen (secondary N) is 3. The zero-order valence-electron chi connectivity index (χ0n) is 15.9. The summed E-state index contributed by atoms with van der Waals surface area (Å²) in [6, 6.07) is 5.30. The van der Waals surface area contributed by atoms with Crippen LogP contribution in [0.1, 0.15) is 53.6 Å². The minimum atomic E-state index is -0.560. The summed E-state index contributed by atoms with van der Waals surface area (Å²) >= 11 is 0. The van der Waals surface area contributed by atoms with Gasteiger partial charge in [0.05, 0.1) is 0 Å². The summed E-state index contributed by atoms with van der Waals surface area (Å²) in [5, 5.41) is 9.67. The molecular weight excluding hydrogens is 356 g/mol. The molecule has 5 rings (SSSR count). The number of imide groups is 1. The molecule has 28 heavy (non-hydrogen) atoms. The second kappa shape index (κ2) is 6.67. The van der Waals surface area contributed by atoms with Gasteiger partial charge in [-0.25, -0.2) is 0 Å². The maximum atomic E-state index is 12.9. The summed E-state index contributed by atoms with van der Waals surface area (Å²) in [7, 11) is 0. The molecule has 3 heterocycles. The maximum absolute atomic E-state index is 12.9. The second-order valence-electron chi connectivity index (χ2n) is 8.55. The number of rotatable bonds is 5. The van der Waals surface area contributed by atoms with E-state index in [1.54, 1.807) is 4.90 Å². The Morgan fingerprint density at radius 1 is 1.18 bits per heavy atom. The first-order valence-electron chi connectivity index (χ1n) is 10.3. The average Bonchev–Trinajstić information content (AvgIpc) is 3.35. The molecule has 7 heteroatoms. The van der Waals surface area contributed by atoms with Crippen molar-refractivity contribution < 1.29 is 14.4 Å². The third kappa shape index (κ3) is 2.93. The molecule has 1 aliphatic carbocycles. The predicted molar refractivity (Wildman–Crippen MR) is 102 cm³/mol. The van der Waals surface area contributed by atoms with Gasteiger partial charge >= 0.3 is 0 Å². The lowest BCUT2D eigenvalue weighted by Crippen LogP contribution is -2.52. The standard InChI is InChI=1S/C21H26N4O3/c26-18-7-6-17(19(27)24-18)25-11-16-13(2-1-3-15(16)20(25)28)10-23-21(14-4-5-14)8-9-22-12-21/h1-3,14,17,22-23H,4-12H2,(H,24,26,27). The van der Waals surface area contributed by atoms with Crippen LogP contribution in [0.5, 0.6) is 0 Å². The number of carbonyl (C=O) groups is 3. The number of benzene rings is 1. The normalized spacial score (nSPS) is 29.9. The first-order chi connectivity index (χ1) is 13.6. The third-order valence-corrected chi connectivity index (χ3v) is 6.86. The number of hydrogen-bond donors (Lipinski definition) is 3. The molecule has 1 aromatic carbocycles. The number of fused-ring (bicyclic) bond motifs is 1. The van der Waals surface area contributed by atoms with Gasteiger partial charge in [0, 0.05) is 37.2 Å². The average molecular weight is 382 g/mol. The number of piperidine rings is 1. The Morgan fingerprint density at radius 2 is 2.04 bits per heavy atom. The number of nitrogens with zero attached hydrogens (tertiary/aromatic N) is 1. The molecule has 4 aliphatic rings. The van der Waals surface area contributed by atoms with Gasteiger partial charge in [-0.1, -0.05) is 12.1 Å². The Bertz CT molecular complexity index is 842. The third-order valence-electron chi connectivity index (χ3n) is 6.86. The topological polar surface area (TPSA) is 90.5 Å². The fraction of sp³-hybridized carbons (Fsp3) is 0.571. The molecular formula is C21H26N4O3. The monoisotopic (exact) mass is 382 g/mol. The quantitative estimate of drug-likeness (QED) is 0.652. The lowest BCUT2D eigenvalue weighted by Gasteiger charge is -2.31. The number of carbonyl (C=O) groups excluding carboxylic acids is 3. The van der Waals surface area contributed by atoms with E-state index in [9.17, 15) is 14.4 Å². The van der Waals surface area contributed by atoms with Gasteiger partial charge in [-0.15, -0.1) is 0 Å². The van der Waals surface area contributed by atoms with E-state index in [0.29, 0.717) is 18.5 Å². The smallest absolute Gasteiger partial charge is 0.255 e. The molecule has 148 valence electrons. The van der Waals surface area contributed by atoms with Crippen molar-refractivity contribution in [1.29, 1.82) is 0 Å². The van der Waals surface area contributed by atoms with Crippen LogP contribution in [0.25, 0.3) is 0 Å². The Kier molecular flexibility index (Phi) is 4.25. The van der Waals surface area contributed by atoms with Crippen molar-refractivity contribution in [2.45, 2.75) is 56.8 Å². The lowest BCUT2D eigenvalue weighted by atomic mass is 9.91. The highest BCUT2D eigenvalue weighted by Gasteiger charge is 2.46. The fourth-order valence-corrected chi connectivity index (χ4v) is 5.08. The molecule has 0 spiro atoms. The van der Waals surface area contributed by atoms with Crippen LogP contribution in [0.15, 0.2) is 18.2 Å². The zero-order valence-corrected chi connectivity index (χ0v) is 15.9. The molecule has 1 aromatic rings. The zero-order chi connectivity index (χ0) is 19.3. The fourth-order valence-electron chi connectivity index (χ4n) is 5.08. The summed E-state index contributed by atoms with van der Waals surface area (Å²) in [4.78, 5) is 38.3. The molecule has 0 bridgehead atoms. The van der Waals surface area contributed by atoms with E-state index in [2.05, 4.69) is 22.0 Å². The van der Waals surface area contributed by atoms with Crippen molar-refractivity contribution in [3.05, 3.63) is 34.9 Å². The van der Waals surface area contributed by atoms with Crippen molar-refractivity contribution in [2.75, 3.05) is 13.1 Å². The molecule has 3 amide bonds. The summed E-state index contributed by atoms with van der Waals surface area (Å²) in [5.41, 5.74) is 3.01. The van der Waals surface area contributed by atoms with Crippen LogP contribution in [0, 0.1) is 5.92 Å². The van der Waals surface area contributed by atoms with Crippen LogP contribution in [0.2, 0.25) is 0 Å². The molecule has 2 atom stereocenters. The molecule has 3 N–H and O–H groups in total. The van der Waals surface area contributed by atoms with E-state index >= 15 is 0 Å². The van der Waals surface area contributed by atoms with Crippen LogP contribution >= 0.6 is 0 Å². The lowest BCUT2D eigenvalue weighted by molar-refractivity contribution is -0.136. The SMILES string of the molecule is O=C1CCC(N2Cc3c(CNC4(C5CC5)CCNC4)cccc3C2=O)C(=O)N1. The highest BCUT2D eigenvalue weighted by atomic mass is 16.2. The van der Waals surface area contributed by atoms with E-state index in [4.69, 9.17) is 0 Å². The van der Waals surface area contributed by atoms with Gasteiger partial charge in [0.25, 0.3) is 5.91 Å². The number of amides is 3. The van der Waals surface area contributed by atoms with Crippen molar-refractivity contribution in [2.24, 2.45) is 5.92 Å². The van der Waals surface area contributed by atoms with Crippen LogP contribution in [0.4, 0.5) is 0 Å². The van der Waals surface area contributed by atoms with Crippen molar-refractivity contribution >= 4 is 17.7 Å². The van der Waals surface area contributed by atoms with E-state index < -0.39 is 6.04 Å². The van der Waals surface area contributed by atoms with Crippen molar-refractivity contribution in [3.63, 3.8) is 0 Å². The Labute approximate surface area is 164 Å². The van der Waals surface area contributed by atoms with Gasteiger partial charge in [0.1, 0.15) is 6.04 Å². The minimum Gasteiger partial charge on any atom is -0.322 e. The van der Waals surface area contributed by atoms with Gasteiger partial charge in [-0.3, -0.25) is 19.7 Å². The second-order valence-corrected chi connectivity index (χ2v) is 8.55. The Balaban J connectivity index is 1.35. The molecule has 7 nitrogen and oxygen atoms in total. The molecule has 0 aromatic heterocycles. The van der Waals surface area contributed by atoms with Gasteiger partial charge in [-0.2, -0.15) is 0 Å². The maximum Gasteiger partial charge on any atom is 0.255 e. The largest absolute Gasteiger partial charge is 0.322 e. The highest BCUT2D eigenvalue weighted by Crippen LogP contribution is 2.43. The summed E-state index contributed by atoms with van der Waals surface area (Å²) in [6.45, 7) is 3.23. The predicted octanol–water partition coefficient (Wildman–Crippen LogP) is 0.679. The molecule has 1 saturated carbocycles. The first kappa shape index (κ1) is 17.8. The number of hydrogen-bond acceptors (Lipinski definition) is 5. The Morgan fingerprint density at radius 3 is 2.75 bits per heavy atom. The minimum absolute atomic E-state index is 0.106. The van der Waals surface area contributed by atoms with Crippen LogP contribution in [-0.2, 0) is 22.7 Å². The van der Waals surface area contributed by atoms with E-state index in [1.165, 1.54) is 12.8 Å². The van der Waals surface area contributed by atoms with Crippen LogP contribution in [-0.4, -0.2) is 47.3 Å². The van der Waals surface area contributed by atoms with E-state index in [1.807, 2.05) is 12.1 Å². The van der Waals surface area contributed by atoms with Gasteiger partial charge in [0.2, 0.25) is 11.8 Å². The molecule has 2 saturated heterocycles. The summed E-state index contributed by atoms with van der Waals surface area (Å²) in [6.07, 6.45) is 4.41. The summed E-state index contributed by atoms with van der Waals surface area (Å²) in [5.74, 6) is 0.0271. The molecule has 2 unspecified atom stereocenters. The van der Waals surface area contributed by atoms with Gasteiger partial charge in [-0.05, 0) is 55.3 Å². The molecule has 3 fully saturated rings. The van der Waals surface area contributed by atoms with E-state index in [0.717, 1.165) is 43.1 Å². The van der Waals surface area contributed by atoms with Gasteiger partial charge < -0.3 is 15.5 Å².